The van der Waals surface area contributed by atoms with Crippen molar-refractivity contribution in [3.8, 4) is 0 Å². The Hall–Kier alpha value is -2.25. The molecule has 1 saturated carbocycles. The second-order valence-corrected chi connectivity index (χ2v) is 8.93. The van der Waals surface area contributed by atoms with Crippen LogP contribution < -0.4 is 16.0 Å². The van der Waals surface area contributed by atoms with Gasteiger partial charge in [-0.25, -0.2) is 0 Å². The third-order valence-electron chi connectivity index (χ3n) is 7.16. The molecule has 0 aromatic heterocycles. The molecule has 7 nitrogen and oxygen atoms in total. The molecule has 4 atom stereocenters. The van der Waals surface area contributed by atoms with Crippen LogP contribution in [0.25, 0.3) is 0 Å². The molecule has 5 aliphatic rings. The van der Waals surface area contributed by atoms with Gasteiger partial charge in [0.1, 0.15) is 6.04 Å². The van der Waals surface area contributed by atoms with Crippen LogP contribution in [0.4, 0.5) is 0 Å². The second-order valence-electron chi connectivity index (χ2n) is 8.93. The van der Waals surface area contributed by atoms with Crippen LogP contribution >= 0.6 is 0 Å². The molecule has 3 saturated heterocycles. The number of piperidine rings is 3. The minimum Gasteiger partial charge on any atom is -0.322 e. The number of fused-ring (bicyclic) bond motifs is 4. The van der Waals surface area contributed by atoms with Crippen LogP contribution in [0.15, 0.2) is 18.2 Å². The minimum atomic E-state index is -0.558. The van der Waals surface area contributed by atoms with Crippen molar-refractivity contribution in [2.75, 3.05) is 13.1 Å². The standard InChI is InChI=1S/C22H28N4O3/c27-20-7-6-19(21(28)25-20)26-12-17-14(2-1-3-16(17)22(26)29)10-23-11-15-8-13-4-5-18(15)24-9-13/h1-3,13,15,18-19,23-24H,4-12H2,(H,25,27,28). The van der Waals surface area contributed by atoms with Crippen molar-refractivity contribution in [1.82, 2.24) is 20.9 Å². The van der Waals surface area contributed by atoms with E-state index >= 15 is 0 Å². The zero-order valence-corrected chi connectivity index (χ0v) is 16.6. The molecule has 4 fully saturated rings. The van der Waals surface area contributed by atoms with E-state index in [1.54, 1.807) is 4.90 Å². The average Bonchev–Trinajstić information content (AvgIpc) is 3.06. The Morgan fingerprint density at radius 1 is 1.14 bits per heavy atom. The molecule has 1 aliphatic carbocycles. The van der Waals surface area contributed by atoms with E-state index in [9.17, 15) is 14.4 Å². The first-order valence-corrected chi connectivity index (χ1v) is 10.8. The summed E-state index contributed by atoms with van der Waals surface area (Å²) in [5.74, 6) is 0.784. The van der Waals surface area contributed by atoms with Crippen LogP contribution in [0.3, 0.4) is 0 Å². The lowest BCUT2D eigenvalue weighted by Gasteiger charge is -2.43. The predicted octanol–water partition coefficient (Wildman–Crippen LogP) is 0.925. The van der Waals surface area contributed by atoms with E-state index in [2.05, 4.69) is 22.0 Å². The van der Waals surface area contributed by atoms with Gasteiger partial charge in [0.05, 0.1) is 0 Å². The number of hydrogen-bond acceptors (Lipinski definition) is 5. The van der Waals surface area contributed by atoms with Gasteiger partial charge >= 0.3 is 0 Å². The molecule has 6 rings (SSSR count). The number of benzene rings is 1. The zero-order chi connectivity index (χ0) is 20.0. The highest BCUT2D eigenvalue weighted by Crippen LogP contribution is 2.33. The summed E-state index contributed by atoms with van der Waals surface area (Å²) in [6, 6.07) is 5.91. The molecule has 4 aliphatic heterocycles. The molecule has 2 bridgehead atoms. The topological polar surface area (TPSA) is 90.5 Å². The molecular weight excluding hydrogens is 368 g/mol. The number of carbonyl (C=O) groups excluding carboxylic acids is 3. The number of amides is 3. The lowest BCUT2D eigenvalue weighted by atomic mass is 9.74. The third kappa shape index (κ3) is 3.46. The van der Waals surface area contributed by atoms with Gasteiger partial charge in [-0.1, -0.05) is 12.1 Å². The maximum absolute atomic E-state index is 12.9. The monoisotopic (exact) mass is 396 g/mol. The van der Waals surface area contributed by atoms with Gasteiger partial charge in [-0.05, 0) is 67.8 Å². The normalized spacial score (nSPS) is 31.2. The van der Waals surface area contributed by atoms with E-state index in [0.29, 0.717) is 30.5 Å². The SMILES string of the molecule is O=C1CCC(N2Cc3c(CNCC4CC5CCC4NC5)cccc3C2=O)C(=O)N1. The summed E-state index contributed by atoms with van der Waals surface area (Å²) in [4.78, 5) is 38.2. The first kappa shape index (κ1) is 18.8. The predicted molar refractivity (Wildman–Crippen MR) is 107 cm³/mol. The smallest absolute Gasteiger partial charge is 0.255 e. The molecule has 4 heterocycles. The van der Waals surface area contributed by atoms with Crippen molar-refractivity contribution in [2.24, 2.45) is 11.8 Å². The molecule has 1 aromatic rings. The highest BCUT2D eigenvalue weighted by Gasteiger charge is 2.40. The Balaban J connectivity index is 1.25. The summed E-state index contributed by atoms with van der Waals surface area (Å²) < 4.78 is 0. The molecule has 0 radical (unpaired) electrons. The number of imide groups is 1. The van der Waals surface area contributed by atoms with Crippen LogP contribution in [0, 0.1) is 11.8 Å². The summed E-state index contributed by atoms with van der Waals surface area (Å²) in [6.07, 6.45) is 4.63. The highest BCUT2D eigenvalue weighted by atomic mass is 16.2. The molecule has 1 aromatic carbocycles. The van der Waals surface area contributed by atoms with Gasteiger partial charge < -0.3 is 15.5 Å². The minimum absolute atomic E-state index is 0.106. The van der Waals surface area contributed by atoms with Crippen LogP contribution in [0.5, 0.6) is 0 Å². The summed E-state index contributed by atoms with van der Waals surface area (Å²) in [7, 11) is 0. The van der Waals surface area contributed by atoms with Crippen molar-refractivity contribution in [1.29, 1.82) is 0 Å². The van der Waals surface area contributed by atoms with Crippen LogP contribution in [-0.4, -0.2) is 47.8 Å². The number of rotatable bonds is 5. The molecule has 3 N–H and O–H groups in total. The maximum Gasteiger partial charge on any atom is 0.255 e. The Morgan fingerprint density at radius 2 is 2.03 bits per heavy atom. The number of nitrogens with one attached hydrogen (secondary N) is 3. The summed E-state index contributed by atoms with van der Waals surface area (Å²) in [5.41, 5.74) is 2.82. The van der Waals surface area contributed by atoms with Crippen molar-refractivity contribution in [2.45, 2.75) is 57.3 Å². The van der Waals surface area contributed by atoms with Crippen LogP contribution in [0.1, 0.15) is 53.6 Å². The van der Waals surface area contributed by atoms with E-state index in [-0.39, 0.29) is 24.1 Å². The largest absolute Gasteiger partial charge is 0.322 e. The fraction of sp³-hybridized carbons (Fsp3) is 0.591. The summed E-state index contributed by atoms with van der Waals surface area (Å²) in [6.45, 7) is 3.33. The molecule has 4 unspecified atom stereocenters. The fourth-order valence-corrected chi connectivity index (χ4v) is 5.57. The molecule has 29 heavy (non-hydrogen) atoms. The van der Waals surface area contributed by atoms with Crippen molar-refractivity contribution in [3.63, 3.8) is 0 Å². The molecule has 3 amide bonds. The Bertz CT molecular complexity index is 846. The van der Waals surface area contributed by atoms with Gasteiger partial charge in [-0.3, -0.25) is 19.7 Å². The lowest BCUT2D eigenvalue weighted by molar-refractivity contribution is -0.136. The van der Waals surface area contributed by atoms with Gasteiger partial charge in [0.25, 0.3) is 5.91 Å². The first-order chi connectivity index (χ1) is 14.1. The van der Waals surface area contributed by atoms with E-state index in [0.717, 1.165) is 30.1 Å². The molecular formula is C22H28N4O3. The molecule has 0 spiro atoms. The number of carbonyl (C=O) groups is 3. The number of hydrogen-bond donors (Lipinski definition) is 3. The van der Waals surface area contributed by atoms with E-state index in [1.165, 1.54) is 25.8 Å². The fourth-order valence-electron chi connectivity index (χ4n) is 5.57. The van der Waals surface area contributed by atoms with Gasteiger partial charge in [0.15, 0.2) is 0 Å². The van der Waals surface area contributed by atoms with Crippen molar-refractivity contribution in [3.05, 3.63) is 34.9 Å². The van der Waals surface area contributed by atoms with Crippen LogP contribution in [0.2, 0.25) is 0 Å². The quantitative estimate of drug-likeness (QED) is 0.644. The zero-order valence-electron chi connectivity index (χ0n) is 16.6. The molecule has 7 heteroatoms. The van der Waals surface area contributed by atoms with Crippen molar-refractivity contribution < 1.29 is 14.4 Å². The Morgan fingerprint density at radius 3 is 2.76 bits per heavy atom. The first-order valence-electron chi connectivity index (χ1n) is 10.8. The summed E-state index contributed by atoms with van der Waals surface area (Å²) >= 11 is 0. The molecule has 154 valence electrons. The third-order valence-corrected chi connectivity index (χ3v) is 7.16. The van der Waals surface area contributed by atoms with E-state index in [4.69, 9.17) is 0 Å². The van der Waals surface area contributed by atoms with Gasteiger partial charge in [-0.2, -0.15) is 0 Å². The average molecular weight is 396 g/mol. The highest BCUT2D eigenvalue weighted by molar-refractivity contribution is 6.05. The van der Waals surface area contributed by atoms with Gasteiger partial charge in [0, 0.05) is 31.1 Å². The maximum atomic E-state index is 12.9. The lowest BCUT2D eigenvalue weighted by Crippen LogP contribution is -2.52. The van der Waals surface area contributed by atoms with Crippen LogP contribution in [-0.2, 0) is 22.7 Å². The second kappa shape index (κ2) is 7.54. The van der Waals surface area contributed by atoms with E-state index < -0.39 is 6.04 Å². The summed E-state index contributed by atoms with van der Waals surface area (Å²) in [5, 5.41) is 9.64. The van der Waals surface area contributed by atoms with Gasteiger partial charge in [0.2, 0.25) is 11.8 Å². The Kier molecular flexibility index (Phi) is 4.87. The van der Waals surface area contributed by atoms with Crippen molar-refractivity contribution >= 4 is 17.7 Å². The Labute approximate surface area is 170 Å². The van der Waals surface area contributed by atoms with E-state index in [1.807, 2.05) is 12.1 Å². The number of nitrogens with zero attached hydrogens (tertiary/aromatic N) is 1. The van der Waals surface area contributed by atoms with Gasteiger partial charge in [-0.15, -0.1) is 0 Å².